The lowest BCUT2D eigenvalue weighted by atomic mass is 10.1. The molecule has 0 aromatic heterocycles. The number of carbonyl (C=O) groups excluding carboxylic acids is 1. The summed E-state index contributed by atoms with van der Waals surface area (Å²) in [5.41, 5.74) is 1.07. The van der Waals surface area contributed by atoms with Crippen LogP contribution in [0.5, 0.6) is 5.75 Å². The molecule has 2 aromatic rings. The van der Waals surface area contributed by atoms with Crippen LogP contribution in [-0.4, -0.2) is 45.1 Å². The fourth-order valence-corrected chi connectivity index (χ4v) is 5.89. The van der Waals surface area contributed by atoms with Gasteiger partial charge in [-0.2, -0.15) is 0 Å². The molecule has 2 fully saturated rings. The van der Waals surface area contributed by atoms with Crippen LogP contribution in [0.4, 0.5) is 16.2 Å². The van der Waals surface area contributed by atoms with Crippen LogP contribution >= 0.6 is 11.6 Å². The van der Waals surface area contributed by atoms with E-state index in [0.717, 1.165) is 0 Å². The summed E-state index contributed by atoms with van der Waals surface area (Å²) in [7, 11) is -1.74. The van der Waals surface area contributed by atoms with Gasteiger partial charge >= 0.3 is 6.03 Å². The number of halogens is 1. The highest BCUT2D eigenvalue weighted by Gasteiger charge is 2.55. The van der Waals surface area contributed by atoms with Gasteiger partial charge in [0.1, 0.15) is 5.75 Å². The SMILES string of the molecule is COc1ccccc1N1C(=O)N(c2ccccc2Cl)[C@H]2CS(=O)(=O)C[C@@H]21. The van der Waals surface area contributed by atoms with E-state index in [1.54, 1.807) is 48.5 Å². The molecule has 0 aliphatic carbocycles. The van der Waals surface area contributed by atoms with Crippen LogP contribution in [-0.2, 0) is 9.84 Å². The standard InChI is InChI=1S/C18H17ClN2O4S/c1-25-17-9-5-4-8-14(17)21-16-11-26(23,24)10-15(16)20(18(21)22)13-7-3-2-6-12(13)19/h2-9,15-16H,10-11H2,1H3/t15-,16-/m0/s1. The Morgan fingerprint density at radius 2 is 1.50 bits per heavy atom. The van der Waals surface area contributed by atoms with Crippen molar-refractivity contribution in [1.82, 2.24) is 0 Å². The zero-order valence-electron chi connectivity index (χ0n) is 14.0. The third-order valence-electron chi connectivity index (χ3n) is 4.83. The van der Waals surface area contributed by atoms with E-state index in [-0.39, 0.29) is 17.5 Å². The number of hydrogen-bond donors (Lipinski definition) is 0. The molecule has 136 valence electrons. The molecule has 6 nitrogen and oxygen atoms in total. The number of methoxy groups -OCH3 is 1. The Morgan fingerprint density at radius 1 is 0.962 bits per heavy atom. The van der Waals surface area contributed by atoms with Crippen molar-refractivity contribution in [3.63, 3.8) is 0 Å². The molecule has 2 aliphatic heterocycles. The Labute approximate surface area is 156 Å². The molecular formula is C18H17ClN2O4S. The number of carbonyl (C=O) groups is 1. The number of anilines is 2. The second-order valence-electron chi connectivity index (χ2n) is 6.36. The van der Waals surface area contributed by atoms with Crippen LogP contribution in [0.25, 0.3) is 0 Å². The van der Waals surface area contributed by atoms with Gasteiger partial charge in [-0.05, 0) is 24.3 Å². The molecule has 2 saturated heterocycles. The topological polar surface area (TPSA) is 66.9 Å². The van der Waals surface area contributed by atoms with Crippen molar-refractivity contribution in [2.24, 2.45) is 0 Å². The van der Waals surface area contributed by atoms with E-state index in [2.05, 4.69) is 0 Å². The number of nitrogens with zero attached hydrogens (tertiary/aromatic N) is 2. The van der Waals surface area contributed by atoms with E-state index in [1.165, 1.54) is 16.9 Å². The second-order valence-corrected chi connectivity index (χ2v) is 8.92. The maximum atomic E-state index is 13.3. The Hall–Kier alpha value is -2.25. The quantitative estimate of drug-likeness (QED) is 0.753. The molecule has 2 heterocycles. The number of fused-ring (bicyclic) bond motifs is 1. The first kappa shape index (κ1) is 17.2. The predicted molar refractivity (Wildman–Crippen MR) is 101 cm³/mol. The lowest BCUT2D eigenvalue weighted by Gasteiger charge is -2.24. The molecule has 2 aromatic carbocycles. The highest BCUT2D eigenvalue weighted by molar-refractivity contribution is 7.91. The minimum atomic E-state index is -3.26. The first-order valence-electron chi connectivity index (χ1n) is 8.13. The van der Waals surface area contributed by atoms with E-state index in [9.17, 15) is 13.2 Å². The minimum Gasteiger partial charge on any atom is -0.495 e. The van der Waals surface area contributed by atoms with Crippen LogP contribution in [0.15, 0.2) is 48.5 Å². The smallest absolute Gasteiger partial charge is 0.329 e. The number of amides is 2. The molecule has 0 N–H and O–H groups in total. The molecule has 0 unspecified atom stereocenters. The number of hydrogen-bond acceptors (Lipinski definition) is 4. The highest BCUT2D eigenvalue weighted by atomic mass is 35.5. The van der Waals surface area contributed by atoms with Crippen molar-refractivity contribution < 1.29 is 17.9 Å². The number of benzene rings is 2. The molecule has 0 spiro atoms. The normalized spacial score (nSPS) is 24.0. The van der Waals surface area contributed by atoms with Crippen LogP contribution in [0.2, 0.25) is 5.02 Å². The fourth-order valence-electron chi connectivity index (χ4n) is 3.74. The summed E-state index contributed by atoms with van der Waals surface area (Å²) in [4.78, 5) is 16.3. The van der Waals surface area contributed by atoms with Crippen LogP contribution in [0.1, 0.15) is 0 Å². The van der Waals surface area contributed by atoms with Crippen LogP contribution in [0.3, 0.4) is 0 Å². The lowest BCUT2D eigenvalue weighted by molar-refractivity contribution is 0.255. The van der Waals surface area contributed by atoms with Gasteiger partial charge in [0.15, 0.2) is 9.84 Å². The maximum absolute atomic E-state index is 13.3. The molecule has 2 atom stereocenters. The third kappa shape index (κ3) is 2.62. The van der Waals surface area contributed by atoms with Gasteiger partial charge in [0.05, 0.1) is 47.1 Å². The zero-order valence-corrected chi connectivity index (χ0v) is 15.6. The summed E-state index contributed by atoms with van der Waals surface area (Å²) in [5, 5.41) is 0.408. The van der Waals surface area contributed by atoms with Gasteiger partial charge in [0.2, 0.25) is 0 Å². The number of sulfone groups is 1. The van der Waals surface area contributed by atoms with Gasteiger partial charge in [-0.15, -0.1) is 0 Å². The first-order chi connectivity index (χ1) is 12.4. The van der Waals surface area contributed by atoms with Gasteiger partial charge in [-0.25, -0.2) is 13.2 Å². The fraction of sp³-hybridized carbons (Fsp3) is 0.278. The average Bonchev–Trinajstić information content (AvgIpc) is 3.04. The van der Waals surface area contributed by atoms with Gasteiger partial charge < -0.3 is 4.74 Å². The Kier molecular flexibility index (Phi) is 4.08. The summed E-state index contributed by atoms with van der Waals surface area (Å²) in [6, 6.07) is 12.8. The van der Waals surface area contributed by atoms with E-state index in [4.69, 9.17) is 16.3 Å². The molecule has 26 heavy (non-hydrogen) atoms. The average molecular weight is 393 g/mol. The predicted octanol–water partition coefficient (Wildman–Crippen LogP) is 2.96. The maximum Gasteiger partial charge on any atom is 0.329 e. The summed E-state index contributed by atoms with van der Waals surface area (Å²) >= 11 is 6.30. The van der Waals surface area contributed by atoms with Crippen molar-refractivity contribution in [1.29, 1.82) is 0 Å². The summed E-state index contributed by atoms with van der Waals surface area (Å²) in [6.07, 6.45) is 0. The van der Waals surface area contributed by atoms with E-state index < -0.39 is 21.9 Å². The Balaban J connectivity index is 1.86. The molecule has 8 heteroatoms. The van der Waals surface area contributed by atoms with Crippen LogP contribution < -0.4 is 14.5 Å². The van der Waals surface area contributed by atoms with Gasteiger partial charge in [-0.1, -0.05) is 35.9 Å². The van der Waals surface area contributed by atoms with Gasteiger partial charge in [0, 0.05) is 0 Å². The van der Waals surface area contributed by atoms with Crippen molar-refractivity contribution >= 4 is 38.8 Å². The van der Waals surface area contributed by atoms with E-state index >= 15 is 0 Å². The molecule has 2 amide bonds. The summed E-state index contributed by atoms with van der Waals surface area (Å²) in [5.74, 6) is 0.354. The zero-order chi connectivity index (χ0) is 18.5. The Bertz CT molecular complexity index is 979. The van der Waals surface area contributed by atoms with Crippen molar-refractivity contribution in [3.05, 3.63) is 53.6 Å². The molecule has 0 saturated carbocycles. The molecule has 2 aliphatic rings. The number of para-hydroxylation sites is 3. The minimum absolute atomic E-state index is 0.0809. The van der Waals surface area contributed by atoms with Gasteiger partial charge in [0.25, 0.3) is 0 Å². The summed E-state index contributed by atoms with van der Waals surface area (Å²) < 4.78 is 30.0. The van der Waals surface area contributed by atoms with Crippen molar-refractivity contribution in [2.75, 3.05) is 28.4 Å². The first-order valence-corrected chi connectivity index (χ1v) is 10.3. The Morgan fingerprint density at radius 3 is 2.12 bits per heavy atom. The summed E-state index contributed by atoms with van der Waals surface area (Å²) in [6.45, 7) is 0. The monoisotopic (exact) mass is 392 g/mol. The molecule has 0 bridgehead atoms. The van der Waals surface area contributed by atoms with E-state index in [1.807, 2.05) is 0 Å². The van der Waals surface area contributed by atoms with Crippen molar-refractivity contribution in [2.45, 2.75) is 12.1 Å². The molecular weight excluding hydrogens is 376 g/mol. The van der Waals surface area contributed by atoms with Crippen molar-refractivity contribution in [3.8, 4) is 5.75 Å². The lowest BCUT2D eigenvalue weighted by Crippen LogP contribution is -2.38. The highest BCUT2D eigenvalue weighted by Crippen LogP contribution is 2.42. The number of ether oxygens (including phenoxy) is 1. The van der Waals surface area contributed by atoms with Gasteiger partial charge in [-0.3, -0.25) is 9.80 Å². The van der Waals surface area contributed by atoms with Crippen LogP contribution in [0, 0.1) is 0 Å². The number of urea groups is 1. The largest absolute Gasteiger partial charge is 0.495 e. The third-order valence-corrected chi connectivity index (χ3v) is 6.84. The second kappa shape index (κ2) is 6.17. The molecule has 4 rings (SSSR count). The van der Waals surface area contributed by atoms with E-state index in [0.29, 0.717) is 22.1 Å². The number of rotatable bonds is 3. The molecule has 0 radical (unpaired) electrons.